The number of halogens is 1. The van der Waals surface area contributed by atoms with E-state index in [4.69, 9.17) is 11.5 Å². The van der Waals surface area contributed by atoms with Crippen molar-refractivity contribution in [2.45, 2.75) is 12.5 Å². The molecule has 0 bridgehead atoms. The molecular weight excluding hydrogens is 297 g/mol. The molecule has 4 N–H and O–H groups in total. The molecule has 0 fully saturated rings. The number of anilines is 1. The molecule has 2 heterocycles. The van der Waals surface area contributed by atoms with Crippen LogP contribution in [0.4, 0.5) is 10.1 Å². The molecule has 7 heteroatoms. The van der Waals surface area contributed by atoms with E-state index in [0.717, 1.165) is 0 Å². The number of likely N-dealkylation sites (N-methyl/N-ethyl adjacent to an activating group) is 1. The number of nitrogen functional groups attached to an aromatic ring is 1. The average Bonchev–Trinajstić information content (AvgIpc) is 2.71. The quantitative estimate of drug-likeness (QED) is 0.812. The Morgan fingerprint density at radius 3 is 2.48 bits per heavy atom. The Kier molecular flexibility index (Phi) is 3.28. The Morgan fingerprint density at radius 2 is 1.91 bits per heavy atom. The Hall–Kier alpha value is -2.96. The van der Waals surface area contributed by atoms with Crippen molar-refractivity contribution < 1.29 is 9.18 Å². The molecule has 0 radical (unpaired) electrons. The highest BCUT2D eigenvalue weighted by Gasteiger charge is 2.49. The third kappa shape index (κ3) is 2.21. The predicted octanol–water partition coefficient (Wildman–Crippen LogP) is 1.14. The van der Waals surface area contributed by atoms with Gasteiger partial charge in [0.05, 0.1) is 0 Å². The summed E-state index contributed by atoms with van der Waals surface area (Å²) in [5.41, 5.74) is 12.0. The predicted molar refractivity (Wildman–Crippen MR) is 85.0 cm³/mol. The van der Waals surface area contributed by atoms with E-state index in [0.29, 0.717) is 16.8 Å². The molecule has 6 nitrogen and oxygen atoms in total. The number of nitrogens with two attached hydrogens (primary N) is 2. The fraction of sp³-hybridized carbons (Fsp3) is 0.188. The van der Waals surface area contributed by atoms with Crippen LogP contribution in [0.25, 0.3) is 0 Å². The molecule has 118 valence electrons. The number of hydrogen-bond acceptors (Lipinski definition) is 5. The van der Waals surface area contributed by atoms with Crippen molar-refractivity contribution in [2.75, 3.05) is 12.8 Å². The molecule has 1 aliphatic rings. The lowest BCUT2D eigenvalue weighted by molar-refractivity contribution is -0.129. The van der Waals surface area contributed by atoms with Gasteiger partial charge in [0.1, 0.15) is 5.82 Å². The summed E-state index contributed by atoms with van der Waals surface area (Å²) >= 11 is 0. The molecule has 1 amide bonds. The smallest absolute Gasteiger partial charge is 0.266 e. The number of aliphatic imine (C=N–C) groups is 1. The second kappa shape index (κ2) is 5.05. The monoisotopic (exact) mass is 313 g/mol. The normalized spacial score (nSPS) is 20.7. The number of rotatable bonds is 2. The van der Waals surface area contributed by atoms with E-state index >= 15 is 0 Å². The van der Waals surface area contributed by atoms with Gasteiger partial charge in [0.25, 0.3) is 5.91 Å². The van der Waals surface area contributed by atoms with Crippen molar-refractivity contribution in [3.05, 3.63) is 59.2 Å². The van der Waals surface area contributed by atoms with Gasteiger partial charge in [-0.2, -0.15) is 0 Å². The third-order valence-electron chi connectivity index (χ3n) is 3.89. The van der Waals surface area contributed by atoms with Gasteiger partial charge in [-0.05, 0) is 48.4 Å². The molecule has 1 atom stereocenters. The maximum atomic E-state index is 13.9. The minimum atomic E-state index is -1.46. The molecule has 1 aromatic carbocycles. The molecule has 0 spiro atoms. The second-order valence-electron chi connectivity index (χ2n) is 5.50. The zero-order valence-corrected chi connectivity index (χ0v) is 12.7. The van der Waals surface area contributed by atoms with Gasteiger partial charge in [-0.25, -0.2) is 9.38 Å². The van der Waals surface area contributed by atoms with E-state index in [9.17, 15) is 9.18 Å². The topological polar surface area (TPSA) is 97.6 Å². The van der Waals surface area contributed by atoms with Crippen LogP contribution in [-0.2, 0) is 10.3 Å². The zero-order chi connectivity index (χ0) is 16.8. The zero-order valence-electron chi connectivity index (χ0n) is 12.7. The number of nitrogens with zero attached hydrogens (tertiary/aromatic N) is 3. The number of carbonyl (C=O) groups is 1. The summed E-state index contributed by atoms with van der Waals surface area (Å²) in [5.74, 6) is -0.848. The van der Waals surface area contributed by atoms with E-state index in [1.54, 1.807) is 25.3 Å². The number of guanidine groups is 1. The SMILES string of the molecule is Cc1cc(C2(c3cc(N)cc(F)c3)N=C(N)N(C)C2=O)ccn1. The van der Waals surface area contributed by atoms with Crippen molar-refractivity contribution in [2.24, 2.45) is 10.7 Å². The van der Waals surface area contributed by atoms with Gasteiger partial charge >= 0.3 is 0 Å². The number of aromatic nitrogens is 1. The Balaban J connectivity index is 2.34. The van der Waals surface area contributed by atoms with E-state index in [2.05, 4.69) is 9.98 Å². The van der Waals surface area contributed by atoms with Gasteiger partial charge in [-0.3, -0.25) is 14.7 Å². The molecule has 2 aromatic rings. The first-order valence-electron chi connectivity index (χ1n) is 6.98. The first-order valence-corrected chi connectivity index (χ1v) is 6.98. The van der Waals surface area contributed by atoms with Crippen LogP contribution >= 0.6 is 0 Å². The first kappa shape index (κ1) is 15.0. The number of carbonyl (C=O) groups excluding carboxylic acids is 1. The molecule has 0 saturated carbocycles. The largest absolute Gasteiger partial charge is 0.399 e. The average molecular weight is 313 g/mol. The van der Waals surface area contributed by atoms with Crippen LogP contribution in [-0.4, -0.2) is 28.8 Å². The standard InChI is InChI=1S/C16H16FN5O/c1-9-5-10(3-4-20-9)16(14(23)22(2)15(19)21-16)11-6-12(17)8-13(18)7-11/h3-8H,18H2,1-2H3,(H2,19,21). The van der Waals surface area contributed by atoms with E-state index in [1.807, 2.05) is 0 Å². The van der Waals surface area contributed by atoms with Crippen LogP contribution in [0.15, 0.2) is 41.5 Å². The van der Waals surface area contributed by atoms with Crippen molar-refractivity contribution >= 4 is 17.6 Å². The van der Waals surface area contributed by atoms with Crippen molar-refractivity contribution in [3.8, 4) is 0 Å². The maximum absolute atomic E-state index is 13.9. The molecule has 3 rings (SSSR count). The number of benzene rings is 1. The van der Waals surface area contributed by atoms with Crippen LogP contribution in [0.3, 0.4) is 0 Å². The minimum Gasteiger partial charge on any atom is -0.399 e. The highest BCUT2D eigenvalue weighted by molar-refractivity contribution is 6.09. The summed E-state index contributed by atoms with van der Waals surface area (Å²) in [4.78, 5) is 22.7. The molecule has 0 saturated heterocycles. The van der Waals surface area contributed by atoms with Crippen LogP contribution in [0, 0.1) is 12.7 Å². The van der Waals surface area contributed by atoms with Gasteiger partial charge in [-0.1, -0.05) is 0 Å². The van der Waals surface area contributed by atoms with Gasteiger partial charge in [-0.15, -0.1) is 0 Å². The van der Waals surface area contributed by atoms with Crippen LogP contribution in [0.5, 0.6) is 0 Å². The number of pyridine rings is 1. The van der Waals surface area contributed by atoms with Crippen molar-refractivity contribution in [1.82, 2.24) is 9.88 Å². The van der Waals surface area contributed by atoms with Gasteiger partial charge in [0, 0.05) is 24.6 Å². The van der Waals surface area contributed by atoms with Gasteiger partial charge in [0.15, 0.2) is 11.5 Å². The Morgan fingerprint density at radius 1 is 1.17 bits per heavy atom. The van der Waals surface area contributed by atoms with Crippen LogP contribution in [0.2, 0.25) is 0 Å². The highest BCUT2D eigenvalue weighted by Crippen LogP contribution is 2.40. The fourth-order valence-corrected chi connectivity index (χ4v) is 2.78. The summed E-state index contributed by atoms with van der Waals surface area (Å²) in [6.45, 7) is 1.80. The van der Waals surface area contributed by atoms with E-state index < -0.39 is 11.4 Å². The summed E-state index contributed by atoms with van der Waals surface area (Å²) < 4.78 is 13.9. The molecular formula is C16H16FN5O. The summed E-state index contributed by atoms with van der Waals surface area (Å²) in [6, 6.07) is 7.37. The lowest BCUT2D eigenvalue weighted by Gasteiger charge is -2.26. The lowest BCUT2D eigenvalue weighted by Crippen LogP contribution is -2.41. The van der Waals surface area contributed by atoms with E-state index in [1.165, 1.54) is 30.1 Å². The first-order chi connectivity index (χ1) is 10.8. The Bertz CT molecular complexity index is 815. The minimum absolute atomic E-state index is 0.0623. The fourth-order valence-electron chi connectivity index (χ4n) is 2.78. The third-order valence-corrected chi connectivity index (χ3v) is 3.89. The molecule has 1 aromatic heterocycles. The van der Waals surface area contributed by atoms with Crippen molar-refractivity contribution in [3.63, 3.8) is 0 Å². The summed E-state index contributed by atoms with van der Waals surface area (Å²) in [6.07, 6.45) is 1.58. The maximum Gasteiger partial charge on any atom is 0.266 e. The lowest BCUT2D eigenvalue weighted by atomic mass is 9.82. The molecule has 0 aliphatic carbocycles. The molecule has 1 unspecified atom stereocenters. The second-order valence-corrected chi connectivity index (χ2v) is 5.50. The molecule has 1 aliphatic heterocycles. The number of hydrogen-bond donors (Lipinski definition) is 2. The van der Waals surface area contributed by atoms with Crippen LogP contribution < -0.4 is 11.5 Å². The number of aryl methyl sites for hydroxylation is 1. The Labute approximate surface area is 132 Å². The van der Waals surface area contributed by atoms with Gasteiger partial charge in [0.2, 0.25) is 0 Å². The van der Waals surface area contributed by atoms with Crippen LogP contribution in [0.1, 0.15) is 16.8 Å². The van der Waals surface area contributed by atoms with Crippen molar-refractivity contribution in [1.29, 1.82) is 0 Å². The number of amides is 1. The highest BCUT2D eigenvalue weighted by atomic mass is 19.1. The van der Waals surface area contributed by atoms with E-state index in [-0.39, 0.29) is 17.6 Å². The summed E-state index contributed by atoms with van der Waals surface area (Å²) in [5, 5.41) is 0. The molecule has 23 heavy (non-hydrogen) atoms. The van der Waals surface area contributed by atoms with Gasteiger partial charge < -0.3 is 11.5 Å². The summed E-state index contributed by atoms with van der Waals surface area (Å²) in [7, 11) is 1.53.